The number of hydrogen-bond donors (Lipinski definition) is 0. The van der Waals surface area contributed by atoms with Crippen molar-refractivity contribution < 1.29 is 13.2 Å². The van der Waals surface area contributed by atoms with Gasteiger partial charge in [0.1, 0.15) is 21.5 Å². The fourth-order valence-electron chi connectivity index (χ4n) is 4.38. The minimum absolute atomic E-state index is 0.0830. The van der Waals surface area contributed by atoms with E-state index in [-0.39, 0.29) is 23.6 Å². The van der Waals surface area contributed by atoms with Crippen molar-refractivity contribution in [3.63, 3.8) is 0 Å². The van der Waals surface area contributed by atoms with Crippen molar-refractivity contribution in [3.8, 4) is 0 Å². The molecular formula is C19H25N5O3S. The Morgan fingerprint density at radius 1 is 1.21 bits per heavy atom. The molecule has 2 fully saturated rings. The number of fused-ring (bicyclic) bond motifs is 1. The van der Waals surface area contributed by atoms with Crippen LogP contribution < -0.4 is 4.90 Å². The summed E-state index contributed by atoms with van der Waals surface area (Å²) >= 11 is 0. The predicted octanol–water partition coefficient (Wildman–Crippen LogP) is 1.20. The summed E-state index contributed by atoms with van der Waals surface area (Å²) in [5.41, 5.74) is 0.700. The van der Waals surface area contributed by atoms with Gasteiger partial charge in [0.15, 0.2) is 5.65 Å². The first-order chi connectivity index (χ1) is 13.3. The fourth-order valence-corrected chi connectivity index (χ4v) is 5.46. The number of amides is 1. The molecule has 2 aliphatic rings. The lowest BCUT2D eigenvalue weighted by Crippen LogP contribution is -2.46. The summed E-state index contributed by atoms with van der Waals surface area (Å²) in [6, 6.07) is 4.05. The van der Waals surface area contributed by atoms with Crippen LogP contribution in [0.2, 0.25) is 0 Å². The maximum Gasteiger partial charge on any atom is 0.223 e. The molecule has 150 valence electrons. The monoisotopic (exact) mass is 403 g/mol. The smallest absolute Gasteiger partial charge is 0.223 e. The molecule has 2 saturated heterocycles. The van der Waals surface area contributed by atoms with E-state index >= 15 is 0 Å². The molecule has 0 radical (unpaired) electrons. The van der Waals surface area contributed by atoms with Crippen LogP contribution in [0, 0.1) is 12.8 Å². The van der Waals surface area contributed by atoms with E-state index in [1.54, 1.807) is 6.20 Å². The van der Waals surface area contributed by atoms with Crippen LogP contribution in [0.25, 0.3) is 11.0 Å². The minimum Gasteiger partial charge on any atom is -0.356 e. The highest BCUT2D eigenvalue weighted by Gasteiger charge is 2.37. The summed E-state index contributed by atoms with van der Waals surface area (Å²) in [6.45, 7) is 4.02. The van der Waals surface area contributed by atoms with Crippen LogP contribution in [0.4, 0.5) is 5.82 Å². The topological polar surface area (TPSA) is 96.4 Å². The van der Waals surface area contributed by atoms with Crippen LogP contribution in [-0.2, 0) is 14.6 Å². The molecule has 0 saturated carbocycles. The number of carbonyl (C=O) groups is 1. The van der Waals surface area contributed by atoms with Gasteiger partial charge in [-0.15, -0.1) is 0 Å². The Morgan fingerprint density at radius 3 is 2.68 bits per heavy atom. The Bertz CT molecular complexity index is 1000. The van der Waals surface area contributed by atoms with E-state index in [1.165, 1.54) is 6.26 Å². The second kappa shape index (κ2) is 7.27. The first-order valence-electron chi connectivity index (χ1n) is 9.61. The van der Waals surface area contributed by atoms with E-state index in [2.05, 4.69) is 19.9 Å². The number of nitrogens with zero attached hydrogens (tertiary/aromatic N) is 5. The van der Waals surface area contributed by atoms with E-state index in [4.69, 9.17) is 0 Å². The van der Waals surface area contributed by atoms with E-state index in [0.717, 1.165) is 37.1 Å². The van der Waals surface area contributed by atoms with Crippen LogP contribution in [0.15, 0.2) is 18.3 Å². The van der Waals surface area contributed by atoms with Gasteiger partial charge in [-0.2, -0.15) is 0 Å². The molecule has 0 aliphatic carbocycles. The van der Waals surface area contributed by atoms with Gasteiger partial charge in [-0.1, -0.05) is 0 Å². The number of rotatable bonds is 4. The lowest BCUT2D eigenvalue weighted by molar-refractivity contribution is -0.130. The SMILES string of the molecule is Cc1nc(N2CCC(N3CC(CS(C)(=O)=O)CC3=O)CC2)c2cccnc2n1. The van der Waals surface area contributed by atoms with Gasteiger partial charge in [0.05, 0.1) is 11.1 Å². The zero-order valence-corrected chi connectivity index (χ0v) is 17.0. The number of sulfone groups is 1. The number of likely N-dealkylation sites (tertiary alicyclic amines) is 1. The zero-order valence-electron chi connectivity index (χ0n) is 16.2. The van der Waals surface area contributed by atoms with Crippen molar-refractivity contribution in [1.29, 1.82) is 0 Å². The Labute approximate surface area is 164 Å². The Hall–Kier alpha value is -2.29. The van der Waals surface area contributed by atoms with Crippen molar-refractivity contribution in [2.75, 3.05) is 36.5 Å². The average molecular weight is 404 g/mol. The zero-order chi connectivity index (χ0) is 19.9. The van der Waals surface area contributed by atoms with Gasteiger partial charge < -0.3 is 9.80 Å². The summed E-state index contributed by atoms with van der Waals surface area (Å²) in [6.07, 6.45) is 5.01. The Morgan fingerprint density at radius 2 is 1.96 bits per heavy atom. The number of carbonyl (C=O) groups excluding carboxylic acids is 1. The van der Waals surface area contributed by atoms with E-state index in [1.807, 2.05) is 24.0 Å². The highest BCUT2D eigenvalue weighted by Crippen LogP contribution is 2.30. The van der Waals surface area contributed by atoms with Gasteiger partial charge in [-0.3, -0.25) is 4.79 Å². The van der Waals surface area contributed by atoms with Gasteiger partial charge in [0, 0.05) is 44.5 Å². The number of piperidine rings is 1. The van der Waals surface area contributed by atoms with Gasteiger partial charge in [-0.05, 0) is 37.8 Å². The highest BCUT2D eigenvalue weighted by molar-refractivity contribution is 7.90. The third kappa shape index (κ3) is 3.94. The lowest BCUT2D eigenvalue weighted by atomic mass is 10.0. The highest BCUT2D eigenvalue weighted by atomic mass is 32.2. The normalized spacial score (nSPS) is 21.6. The first kappa shape index (κ1) is 19.0. The predicted molar refractivity (Wildman–Crippen MR) is 107 cm³/mol. The second-order valence-electron chi connectivity index (χ2n) is 7.90. The molecule has 9 heteroatoms. The maximum atomic E-state index is 12.4. The first-order valence-corrected chi connectivity index (χ1v) is 11.7. The van der Waals surface area contributed by atoms with Crippen molar-refractivity contribution >= 4 is 32.6 Å². The molecule has 1 unspecified atom stereocenters. The number of anilines is 1. The fraction of sp³-hybridized carbons (Fsp3) is 0.579. The van der Waals surface area contributed by atoms with Crippen molar-refractivity contribution in [2.45, 2.75) is 32.2 Å². The quantitative estimate of drug-likeness (QED) is 0.757. The van der Waals surface area contributed by atoms with Crippen molar-refractivity contribution in [3.05, 3.63) is 24.2 Å². The third-order valence-corrected chi connectivity index (χ3v) is 6.62. The Balaban J connectivity index is 1.45. The summed E-state index contributed by atoms with van der Waals surface area (Å²) < 4.78 is 23.1. The third-order valence-electron chi connectivity index (χ3n) is 5.54. The molecule has 4 heterocycles. The molecule has 2 aliphatic heterocycles. The van der Waals surface area contributed by atoms with Gasteiger partial charge in [0.2, 0.25) is 5.91 Å². The molecule has 1 amide bonds. The van der Waals surface area contributed by atoms with Crippen LogP contribution in [0.3, 0.4) is 0 Å². The van der Waals surface area contributed by atoms with Crippen LogP contribution in [-0.4, -0.2) is 71.9 Å². The van der Waals surface area contributed by atoms with Crippen molar-refractivity contribution in [2.24, 2.45) is 5.92 Å². The molecule has 2 aromatic heterocycles. The minimum atomic E-state index is -3.06. The van der Waals surface area contributed by atoms with Crippen LogP contribution in [0.5, 0.6) is 0 Å². The number of pyridine rings is 1. The summed E-state index contributed by atoms with van der Waals surface area (Å²) in [5.74, 6) is 1.69. The van der Waals surface area contributed by atoms with Crippen LogP contribution >= 0.6 is 0 Å². The van der Waals surface area contributed by atoms with Gasteiger partial charge in [0.25, 0.3) is 0 Å². The molecule has 2 aromatic rings. The Kier molecular flexibility index (Phi) is 4.95. The largest absolute Gasteiger partial charge is 0.356 e. The number of aryl methyl sites for hydroxylation is 1. The molecule has 1 atom stereocenters. The molecule has 8 nitrogen and oxygen atoms in total. The summed E-state index contributed by atoms with van der Waals surface area (Å²) in [4.78, 5) is 30.0. The molecule has 0 spiro atoms. The second-order valence-corrected chi connectivity index (χ2v) is 10.1. The van der Waals surface area contributed by atoms with E-state index < -0.39 is 9.84 Å². The molecule has 0 aromatic carbocycles. The van der Waals surface area contributed by atoms with E-state index in [0.29, 0.717) is 24.4 Å². The average Bonchev–Trinajstić information content (AvgIpc) is 2.99. The van der Waals surface area contributed by atoms with Crippen LogP contribution in [0.1, 0.15) is 25.1 Å². The van der Waals surface area contributed by atoms with E-state index in [9.17, 15) is 13.2 Å². The maximum absolute atomic E-state index is 12.4. The lowest BCUT2D eigenvalue weighted by Gasteiger charge is -2.37. The summed E-state index contributed by atoms with van der Waals surface area (Å²) in [5, 5.41) is 0.942. The van der Waals surface area contributed by atoms with Gasteiger partial charge >= 0.3 is 0 Å². The molecule has 28 heavy (non-hydrogen) atoms. The number of aromatic nitrogens is 3. The van der Waals surface area contributed by atoms with Crippen molar-refractivity contribution in [1.82, 2.24) is 19.9 Å². The standard InChI is InChI=1S/C19H25N5O3S/c1-13-21-18-16(4-3-7-20-18)19(22-13)23-8-5-15(6-9-23)24-11-14(10-17(24)25)12-28(2,26)27/h3-4,7,14-15H,5-6,8-12H2,1-2H3. The summed E-state index contributed by atoms with van der Waals surface area (Å²) in [7, 11) is -3.06. The number of hydrogen-bond acceptors (Lipinski definition) is 7. The molecule has 0 N–H and O–H groups in total. The molecule has 0 bridgehead atoms. The molecule has 4 rings (SSSR count). The molecular weight excluding hydrogens is 378 g/mol. The van der Waals surface area contributed by atoms with Gasteiger partial charge in [-0.25, -0.2) is 23.4 Å².